The van der Waals surface area contributed by atoms with Gasteiger partial charge in [0.2, 0.25) is 0 Å². The third-order valence-electron chi connectivity index (χ3n) is 1.76. The molecule has 14 heavy (non-hydrogen) atoms. The molecule has 0 fully saturated rings. The van der Waals surface area contributed by atoms with Gasteiger partial charge in [0.1, 0.15) is 0 Å². The summed E-state index contributed by atoms with van der Waals surface area (Å²) < 4.78 is 37.2. The molecule has 0 aliphatic carbocycles. The Bertz CT molecular complexity index is 349. The standard InChI is InChI=1S/C10H8F3N/c1-2-3-4-8-5-6-14-7-9(8)10(11,12)13/h1,5-7H,3-4H2. The summed E-state index contributed by atoms with van der Waals surface area (Å²) in [7, 11) is 0. The van der Waals surface area contributed by atoms with E-state index in [0.29, 0.717) is 6.42 Å². The van der Waals surface area contributed by atoms with Crippen molar-refractivity contribution in [3.63, 3.8) is 0 Å². The molecule has 0 unspecified atom stereocenters. The van der Waals surface area contributed by atoms with Crippen LogP contribution in [-0.4, -0.2) is 4.98 Å². The Kier molecular flexibility index (Phi) is 3.13. The molecule has 1 nitrogen and oxygen atoms in total. The first-order valence-corrected chi connectivity index (χ1v) is 3.99. The Balaban J connectivity index is 2.99. The van der Waals surface area contributed by atoms with E-state index < -0.39 is 11.7 Å². The number of rotatable bonds is 2. The number of hydrogen-bond acceptors (Lipinski definition) is 1. The molecule has 4 heteroatoms. The highest BCUT2D eigenvalue weighted by molar-refractivity contribution is 5.26. The zero-order chi connectivity index (χ0) is 10.6. The lowest BCUT2D eigenvalue weighted by Crippen LogP contribution is -2.09. The number of terminal acetylenes is 1. The minimum absolute atomic E-state index is 0.199. The van der Waals surface area contributed by atoms with Crippen LogP contribution < -0.4 is 0 Å². The molecule has 0 radical (unpaired) electrons. The van der Waals surface area contributed by atoms with Crippen molar-refractivity contribution in [1.82, 2.24) is 4.98 Å². The summed E-state index contributed by atoms with van der Waals surface area (Å²) in [6.07, 6.45) is 3.33. The van der Waals surface area contributed by atoms with Crippen LogP contribution in [0.15, 0.2) is 18.5 Å². The molecule has 1 aromatic heterocycles. The first kappa shape index (κ1) is 10.6. The maximum absolute atomic E-state index is 12.4. The summed E-state index contributed by atoms with van der Waals surface area (Å²) in [4.78, 5) is 3.45. The largest absolute Gasteiger partial charge is 0.418 e. The Morgan fingerprint density at radius 3 is 2.71 bits per heavy atom. The van der Waals surface area contributed by atoms with E-state index in [1.165, 1.54) is 12.3 Å². The Labute approximate surface area is 80.0 Å². The summed E-state index contributed by atoms with van der Waals surface area (Å²) in [5.41, 5.74) is -0.499. The van der Waals surface area contributed by atoms with E-state index in [1.54, 1.807) is 0 Å². The van der Waals surface area contributed by atoms with Crippen LogP contribution in [0.1, 0.15) is 17.5 Å². The number of pyridine rings is 1. The van der Waals surface area contributed by atoms with Gasteiger partial charge in [-0.05, 0) is 18.1 Å². The van der Waals surface area contributed by atoms with E-state index in [-0.39, 0.29) is 12.0 Å². The molecule has 1 rings (SSSR count). The molecule has 0 N–H and O–H groups in total. The van der Waals surface area contributed by atoms with Gasteiger partial charge >= 0.3 is 6.18 Å². The minimum atomic E-state index is -4.35. The van der Waals surface area contributed by atoms with Gasteiger partial charge in [-0.2, -0.15) is 13.2 Å². The monoisotopic (exact) mass is 199 g/mol. The van der Waals surface area contributed by atoms with Crippen molar-refractivity contribution in [3.8, 4) is 12.3 Å². The summed E-state index contributed by atoms with van der Waals surface area (Å²) in [6.45, 7) is 0. The van der Waals surface area contributed by atoms with Crippen LogP contribution in [0.4, 0.5) is 13.2 Å². The van der Waals surface area contributed by atoms with Crippen LogP contribution in [0, 0.1) is 12.3 Å². The van der Waals surface area contributed by atoms with Gasteiger partial charge < -0.3 is 0 Å². The second-order valence-corrected chi connectivity index (χ2v) is 2.73. The van der Waals surface area contributed by atoms with Gasteiger partial charge in [0.25, 0.3) is 0 Å². The van der Waals surface area contributed by atoms with Crippen LogP contribution in [-0.2, 0) is 12.6 Å². The molecule has 1 heterocycles. The predicted octanol–water partition coefficient (Wildman–Crippen LogP) is 2.67. The molecule has 0 amide bonds. The van der Waals surface area contributed by atoms with Crippen LogP contribution in [0.3, 0.4) is 0 Å². The number of nitrogens with zero attached hydrogens (tertiary/aromatic N) is 1. The van der Waals surface area contributed by atoms with Crippen LogP contribution >= 0.6 is 0 Å². The minimum Gasteiger partial charge on any atom is -0.264 e. The quantitative estimate of drug-likeness (QED) is 0.667. The molecule has 0 saturated carbocycles. The van der Waals surface area contributed by atoms with Gasteiger partial charge in [0.05, 0.1) is 5.56 Å². The van der Waals surface area contributed by atoms with Gasteiger partial charge in [0.15, 0.2) is 0 Å². The van der Waals surface area contributed by atoms with E-state index >= 15 is 0 Å². The third kappa shape index (κ3) is 2.49. The maximum atomic E-state index is 12.4. The number of alkyl halides is 3. The molecule has 74 valence electrons. The molecule has 0 bridgehead atoms. The van der Waals surface area contributed by atoms with Gasteiger partial charge in [0, 0.05) is 18.8 Å². The zero-order valence-corrected chi connectivity index (χ0v) is 7.30. The molecule has 1 aromatic rings. The number of halogens is 3. The normalized spacial score (nSPS) is 11.0. The number of aryl methyl sites for hydroxylation is 1. The van der Waals surface area contributed by atoms with Crippen molar-refractivity contribution in [2.75, 3.05) is 0 Å². The summed E-state index contributed by atoms with van der Waals surface area (Å²) in [5.74, 6) is 2.31. The lowest BCUT2D eigenvalue weighted by Gasteiger charge is -2.10. The Morgan fingerprint density at radius 1 is 1.43 bits per heavy atom. The molecule has 0 aliphatic rings. The molecule has 0 spiro atoms. The molecular formula is C10H8F3N. The zero-order valence-electron chi connectivity index (χ0n) is 7.30. The second-order valence-electron chi connectivity index (χ2n) is 2.73. The topological polar surface area (TPSA) is 12.9 Å². The highest BCUT2D eigenvalue weighted by Crippen LogP contribution is 2.31. The second kappa shape index (κ2) is 4.14. The summed E-state index contributed by atoms with van der Waals surface area (Å²) >= 11 is 0. The highest BCUT2D eigenvalue weighted by atomic mass is 19.4. The smallest absolute Gasteiger partial charge is 0.264 e. The maximum Gasteiger partial charge on any atom is 0.418 e. The van der Waals surface area contributed by atoms with Crippen molar-refractivity contribution in [3.05, 3.63) is 29.6 Å². The van der Waals surface area contributed by atoms with Crippen LogP contribution in [0.5, 0.6) is 0 Å². The van der Waals surface area contributed by atoms with E-state index in [1.807, 2.05) is 0 Å². The molecule has 0 aliphatic heterocycles. The molecular weight excluding hydrogens is 191 g/mol. The highest BCUT2D eigenvalue weighted by Gasteiger charge is 2.33. The van der Waals surface area contributed by atoms with E-state index in [2.05, 4.69) is 10.9 Å². The summed E-state index contributed by atoms with van der Waals surface area (Å²) in [5, 5.41) is 0. The van der Waals surface area contributed by atoms with Gasteiger partial charge in [-0.25, -0.2) is 0 Å². The fourth-order valence-corrected chi connectivity index (χ4v) is 1.10. The van der Waals surface area contributed by atoms with Crippen molar-refractivity contribution in [2.24, 2.45) is 0 Å². The van der Waals surface area contributed by atoms with Crippen LogP contribution in [0.2, 0.25) is 0 Å². The van der Waals surface area contributed by atoms with Crippen molar-refractivity contribution in [1.29, 1.82) is 0 Å². The lowest BCUT2D eigenvalue weighted by atomic mass is 10.1. The van der Waals surface area contributed by atoms with E-state index in [0.717, 1.165) is 6.20 Å². The van der Waals surface area contributed by atoms with Gasteiger partial charge in [-0.3, -0.25) is 4.98 Å². The Hall–Kier alpha value is -1.50. The fourth-order valence-electron chi connectivity index (χ4n) is 1.10. The molecule has 0 saturated heterocycles. The molecule has 0 aromatic carbocycles. The van der Waals surface area contributed by atoms with Crippen molar-refractivity contribution >= 4 is 0 Å². The van der Waals surface area contributed by atoms with Crippen molar-refractivity contribution < 1.29 is 13.2 Å². The first-order valence-electron chi connectivity index (χ1n) is 3.99. The Morgan fingerprint density at radius 2 is 2.14 bits per heavy atom. The summed E-state index contributed by atoms with van der Waals surface area (Å²) in [6, 6.07) is 1.35. The molecule has 0 atom stereocenters. The van der Waals surface area contributed by atoms with E-state index in [9.17, 15) is 13.2 Å². The fraction of sp³-hybridized carbons (Fsp3) is 0.300. The average molecular weight is 199 g/mol. The number of hydrogen-bond donors (Lipinski definition) is 0. The average Bonchev–Trinajstić information content (AvgIpc) is 2.14. The third-order valence-corrected chi connectivity index (χ3v) is 1.76. The van der Waals surface area contributed by atoms with E-state index in [4.69, 9.17) is 6.42 Å². The lowest BCUT2D eigenvalue weighted by molar-refractivity contribution is -0.138. The first-order chi connectivity index (χ1) is 6.55. The van der Waals surface area contributed by atoms with Gasteiger partial charge in [-0.1, -0.05) is 0 Å². The number of aromatic nitrogens is 1. The van der Waals surface area contributed by atoms with Crippen molar-refractivity contribution in [2.45, 2.75) is 19.0 Å². The van der Waals surface area contributed by atoms with Crippen LogP contribution in [0.25, 0.3) is 0 Å². The predicted molar refractivity (Wildman–Crippen MR) is 46.4 cm³/mol. The van der Waals surface area contributed by atoms with Gasteiger partial charge in [-0.15, -0.1) is 12.3 Å². The SMILES string of the molecule is C#CCCc1ccncc1C(F)(F)F.